The minimum absolute atomic E-state index is 0.238. The number of nitrogens with two attached hydrogens (primary N) is 1. The van der Waals surface area contributed by atoms with Crippen molar-refractivity contribution in [2.45, 2.75) is 25.3 Å². The first-order valence-corrected chi connectivity index (χ1v) is 4.53. The summed E-state index contributed by atoms with van der Waals surface area (Å²) in [5.74, 6) is 0.715. The molecule has 0 aliphatic heterocycles. The zero-order valence-corrected chi connectivity index (χ0v) is 7.11. The molecule has 0 saturated heterocycles. The van der Waals surface area contributed by atoms with Crippen LogP contribution in [-0.2, 0) is 0 Å². The van der Waals surface area contributed by atoms with Crippen molar-refractivity contribution in [3.63, 3.8) is 0 Å². The Hall–Kier alpha value is -0.890. The minimum atomic E-state index is 0.238. The van der Waals surface area contributed by atoms with E-state index >= 15 is 0 Å². The molecule has 1 aliphatic rings. The third-order valence-corrected chi connectivity index (χ3v) is 2.75. The molecular formula is C10H14N2. The Balaban J connectivity index is 2.08. The van der Waals surface area contributed by atoms with Crippen LogP contribution in [0.1, 0.15) is 30.9 Å². The molecule has 0 spiro atoms. The predicted octanol–water partition coefficient (Wildman–Crippen LogP) is 1.88. The fourth-order valence-corrected chi connectivity index (χ4v) is 1.66. The van der Waals surface area contributed by atoms with E-state index in [0.717, 1.165) is 0 Å². The SMILES string of the molecule is N[C@@H](c1ccncc1)C1CCC1. The van der Waals surface area contributed by atoms with Crippen LogP contribution < -0.4 is 5.73 Å². The molecule has 1 saturated carbocycles. The zero-order chi connectivity index (χ0) is 8.39. The highest BCUT2D eigenvalue weighted by Gasteiger charge is 2.25. The van der Waals surface area contributed by atoms with Gasteiger partial charge in [-0.3, -0.25) is 4.98 Å². The van der Waals surface area contributed by atoms with Crippen molar-refractivity contribution >= 4 is 0 Å². The van der Waals surface area contributed by atoms with Gasteiger partial charge in [-0.25, -0.2) is 0 Å². The van der Waals surface area contributed by atoms with Gasteiger partial charge in [0.05, 0.1) is 0 Å². The summed E-state index contributed by atoms with van der Waals surface area (Å²) in [7, 11) is 0. The van der Waals surface area contributed by atoms with Crippen LogP contribution in [0.2, 0.25) is 0 Å². The van der Waals surface area contributed by atoms with Crippen LogP contribution in [0.4, 0.5) is 0 Å². The van der Waals surface area contributed by atoms with Crippen molar-refractivity contribution in [1.82, 2.24) is 4.98 Å². The van der Waals surface area contributed by atoms with Crippen molar-refractivity contribution in [3.05, 3.63) is 30.1 Å². The largest absolute Gasteiger partial charge is 0.324 e. The first kappa shape index (κ1) is 7.74. The fraction of sp³-hybridized carbons (Fsp3) is 0.500. The summed E-state index contributed by atoms with van der Waals surface area (Å²) in [5, 5.41) is 0. The second-order valence-electron chi connectivity index (χ2n) is 3.50. The van der Waals surface area contributed by atoms with Crippen LogP contribution >= 0.6 is 0 Å². The van der Waals surface area contributed by atoms with Crippen molar-refractivity contribution < 1.29 is 0 Å². The highest BCUT2D eigenvalue weighted by Crippen LogP contribution is 2.35. The maximum absolute atomic E-state index is 6.07. The second kappa shape index (κ2) is 3.23. The number of hydrogen-bond acceptors (Lipinski definition) is 2. The highest BCUT2D eigenvalue weighted by atomic mass is 14.7. The van der Waals surface area contributed by atoms with Gasteiger partial charge in [-0.05, 0) is 36.5 Å². The average molecular weight is 162 g/mol. The molecule has 1 aromatic rings. The third-order valence-electron chi connectivity index (χ3n) is 2.75. The lowest BCUT2D eigenvalue weighted by Gasteiger charge is -2.31. The summed E-state index contributed by atoms with van der Waals surface area (Å²) in [6.07, 6.45) is 7.57. The maximum atomic E-state index is 6.07. The van der Waals surface area contributed by atoms with Gasteiger partial charge in [-0.15, -0.1) is 0 Å². The standard InChI is InChI=1S/C10H14N2/c11-10(8-2-1-3-8)9-4-6-12-7-5-9/h4-8,10H,1-3,11H2/t10-/m1/s1. The summed E-state index contributed by atoms with van der Waals surface area (Å²) in [5.41, 5.74) is 7.30. The van der Waals surface area contributed by atoms with Gasteiger partial charge < -0.3 is 5.73 Å². The molecule has 0 unspecified atom stereocenters. The van der Waals surface area contributed by atoms with Gasteiger partial charge in [-0.1, -0.05) is 6.42 Å². The Morgan fingerprint density at radius 1 is 1.33 bits per heavy atom. The first-order valence-electron chi connectivity index (χ1n) is 4.53. The molecule has 2 heteroatoms. The monoisotopic (exact) mass is 162 g/mol. The van der Waals surface area contributed by atoms with Crippen LogP contribution in [0.15, 0.2) is 24.5 Å². The Kier molecular flexibility index (Phi) is 2.09. The highest BCUT2D eigenvalue weighted by molar-refractivity contribution is 5.15. The lowest BCUT2D eigenvalue weighted by Crippen LogP contribution is -2.26. The smallest absolute Gasteiger partial charge is 0.0324 e. The van der Waals surface area contributed by atoms with E-state index in [-0.39, 0.29) is 6.04 Å². The Morgan fingerprint density at radius 2 is 2.00 bits per heavy atom. The Bertz CT molecular complexity index is 241. The molecule has 0 radical (unpaired) electrons. The van der Waals surface area contributed by atoms with Gasteiger partial charge in [0.2, 0.25) is 0 Å². The van der Waals surface area contributed by atoms with Gasteiger partial charge in [0.25, 0.3) is 0 Å². The summed E-state index contributed by atoms with van der Waals surface area (Å²) in [6.45, 7) is 0. The number of pyridine rings is 1. The van der Waals surface area contributed by atoms with E-state index in [9.17, 15) is 0 Å². The van der Waals surface area contributed by atoms with Crippen molar-refractivity contribution in [2.24, 2.45) is 11.7 Å². The minimum Gasteiger partial charge on any atom is -0.324 e. The number of aromatic nitrogens is 1. The summed E-state index contributed by atoms with van der Waals surface area (Å²) in [4.78, 5) is 3.98. The van der Waals surface area contributed by atoms with Gasteiger partial charge in [0, 0.05) is 18.4 Å². The first-order chi connectivity index (χ1) is 5.88. The molecule has 2 nitrogen and oxygen atoms in total. The lowest BCUT2D eigenvalue weighted by atomic mass is 9.78. The van der Waals surface area contributed by atoms with E-state index in [1.807, 2.05) is 24.5 Å². The van der Waals surface area contributed by atoms with E-state index in [1.54, 1.807) is 0 Å². The van der Waals surface area contributed by atoms with Crippen molar-refractivity contribution in [1.29, 1.82) is 0 Å². The number of hydrogen-bond donors (Lipinski definition) is 1. The van der Waals surface area contributed by atoms with E-state index in [0.29, 0.717) is 5.92 Å². The molecule has 0 aromatic carbocycles. The molecule has 1 fully saturated rings. The maximum Gasteiger partial charge on any atom is 0.0324 e. The summed E-state index contributed by atoms with van der Waals surface area (Å²) in [6, 6.07) is 4.27. The Labute approximate surface area is 72.8 Å². The second-order valence-corrected chi connectivity index (χ2v) is 3.50. The molecule has 0 bridgehead atoms. The molecule has 12 heavy (non-hydrogen) atoms. The van der Waals surface area contributed by atoms with Crippen molar-refractivity contribution in [2.75, 3.05) is 0 Å². The molecule has 64 valence electrons. The van der Waals surface area contributed by atoms with Crippen LogP contribution in [0.5, 0.6) is 0 Å². The molecular weight excluding hydrogens is 148 g/mol. The zero-order valence-electron chi connectivity index (χ0n) is 7.11. The quantitative estimate of drug-likeness (QED) is 0.721. The molecule has 2 N–H and O–H groups in total. The predicted molar refractivity (Wildman–Crippen MR) is 48.5 cm³/mol. The Morgan fingerprint density at radius 3 is 2.50 bits per heavy atom. The normalized spacial score (nSPS) is 20.1. The van der Waals surface area contributed by atoms with Gasteiger partial charge in [0.15, 0.2) is 0 Å². The van der Waals surface area contributed by atoms with Gasteiger partial charge in [0.1, 0.15) is 0 Å². The molecule has 1 atom stereocenters. The fourth-order valence-electron chi connectivity index (χ4n) is 1.66. The van der Waals surface area contributed by atoms with Crippen LogP contribution in [0.25, 0.3) is 0 Å². The van der Waals surface area contributed by atoms with Crippen molar-refractivity contribution in [3.8, 4) is 0 Å². The van der Waals surface area contributed by atoms with Gasteiger partial charge >= 0.3 is 0 Å². The van der Waals surface area contributed by atoms with Crippen LogP contribution in [-0.4, -0.2) is 4.98 Å². The van der Waals surface area contributed by atoms with Gasteiger partial charge in [-0.2, -0.15) is 0 Å². The van der Waals surface area contributed by atoms with E-state index in [4.69, 9.17) is 5.73 Å². The van der Waals surface area contributed by atoms with E-state index < -0.39 is 0 Å². The van der Waals surface area contributed by atoms with Crippen LogP contribution in [0, 0.1) is 5.92 Å². The summed E-state index contributed by atoms with van der Waals surface area (Å²) >= 11 is 0. The van der Waals surface area contributed by atoms with Crippen LogP contribution in [0.3, 0.4) is 0 Å². The van der Waals surface area contributed by atoms with E-state index in [2.05, 4.69) is 4.98 Å². The topological polar surface area (TPSA) is 38.9 Å². The molecule has 2 rings (SSSR count). The third kappa shape index (κ3) is 1.34. The average Bonchev–Trinajstić information content (AvgIpc) is 2.03. The molecule has 1 heterocycles. The van der Waals surface area contributed by atoms with E-state index in [1.165, 1.54) is 24.8 Å². The molecule has 1 aliphatic carbocycles. The molecule has 0 amide bonds. The molecule has 1 aromatic heterocycles. The number of nitrogens with zero attached hydrogens (tertiary/aromatic N) is 1. The number of rotatable bonds is 2. The lowest BCUT2D eigenvalue weighted by molar-refractivity contribution is 0.264. The summed E-state index contributed by atoms with van der Waals surface area (Å²) < 4.78 is 0.